The summed E-state index contributed by atoms with van der Waals surface area (Å²) in [5, 5.41) is 0. The summed E-state index contributed by atoms with van der Waals surface area (Å²) in [7, 11) is 0. The first-order valence-electron chi connectivity index (χ1n) is 7.36. The van der Waals surface area contributed by atoms with E-state index in [0.717, 1.165) is 6.54 Å². The molecule has 1 aliphatic heterocycles. The smallest absolute Gasteiger partial charge is 0.00187 e. The van der Waals surface area contributed by atoms with Crippen LogP contribution in [0.15, 0.2) is 0 Å². The molecule has 1 heterocycles. The number of likely N-dealkylation sites (tertiary alicyclic amines) is 1. The summed E-state index contributed by atoms with van der Waals surface area (Å²) < 4.78 is 0. The van der Waals surface area contributed by atoms with Crippen molar-refractivity contribution in [2.45, 2.75) is 64.2 Å². The monoisotopic (exact) mass is 226 g/mol. The van der Waals surface area contributed by atoms with Crippen molar-refractivity contribution in [2.75, 3.05) is 26.2 Å². The van der Waals surface area contributed by atoms with Gasteiger partial charge in [-0.15, -0.1) is 0 Å². The largest absolute Gasteiger partial charge is 0.330 e. The quantitative estimate of drug-likeness (QED) is 0.612. The Morgan fingerprint density at radius 3 is 1.88 bits per heavy atom. The van der Waals surface area contributed by atoms with Gasteiger partial charge in [-0.2, -0.15) is 0 Å². The van der Waals surface area contributed by atoms with Crippen LogP contribution in [0, 0.1) is 0 Å². The molecule has 1 saturated heterocycles. The molecular weight excluding hydrogens is 196 g/mol. The fourth-order valence-electron chi connectivity index (χ4n) is 2.55. The van der Waals surface area contributed by atoms with Gasteiger partial charge in [-0.1, -0.05) is 38.5 Å². The Kier molecular flexibility index (Phi) is 8.83. The van der Waals surface area contributed by atoms with Crippen molar-refractivity contribution in [1.82, 2.24) is 4.90 Å². The number of unbranched alkanes of at least 4 members (excludes halogenated alkanes) is 6. The van der Waals surface area contributed by atoms with Crippen LogP contribution in [0.4, 0.5) is 0 Å². The summed E-state index contributed by atoms with van der Waals surface area (Å²) in [6.07, 6.45) is 13.9. The number of rotatable bonds is 9. The Hall–Kier alpha value is -0.0800. The van der Waals surface area contributed by atoms with E-state index in [1.807, 2.05) is 0 Å². The van der Waals surface area contributed by atoms with Crippen LogP contribution in [0.25, 0.3) is 0 Å². The molecule has 2 nitrogen and oxygen atoms in total. The van der Waals surface area contributed by atoms with E-state index in [9.17, 15) is 0 Å². The van der Waals surface area contributed by atoms with E-state index in [0.29, 0.717) is 0 Å². The second-order valence-corrected chi connectivity index (χ2v) is 5.17. The lowest BCUT2D eigenvalue weighted by atomic mass is 10.1. The number of hydrogen-bond donors (Lipinski definition) is 1. The van der Waals surface area contributed by atoms with Crippen LogP contribution < -0.4 is 5.73 Å². The summed E-state index contributed by atoms with van der Waals surface area (Å²) in [5.41, 5.74) is 5.47. The number of nitrogens with zero attached hydrogens (tertiary/aromatic N) is 1. The molecule has 0 saturated carbocycles. The van der Waals surface area contributed by atoms with Gasteiger partial charge < -0.3 is 10.6 Å². The van der Waals surface area contributed by atoms with E-state index in [-0.39, 0.29) is 0 Å². The van der Waals surface area contributed by atoms with Gasteiger partial charge in [-0.3, -0.25) is 0 Å². The maximum Gasteiger partial charge on any atom is -0.00187 e. The van der Waals surface area contributed by atoms with E-state index >= 15 is 0 Å². The van der Waals surface area contributed by atoms with E-state index in [1.165, 1.54) is 83.8 Å². The molecule has 2 heteroatoms. The van der Waals surface area contributed by atoms with Crippen molar-refractivity contribution in [1.29, 1.82) is 0 Å². The molecular formula is C14H30N2. The van der Waals surface area contributed by atoms with Gasteiger partial charge in [0.2, 0.25) is 0 Å². The van der Waals surface area contributed by atoms with Crippen molar-refractivity contribution >= 4 is 0 Å². The molecule has 0 aromatic carbocycles. The maximum atomic E-state index is 5.47. The molecule has 0 amide bonds. The maximum absolute atomic E-state index is 5.47. The van der Waals surface area contributed by atoms with Crippen molar-refractivity contribution in [2.24, 2.45) is 5.73 Å². The van der Waals surface area contributed by atoms with Gasteiger partial charge in [0.1, 0.15) is 0 Å². The Balaban J connectivity index is 1.77. The summed E-state index contributed by atoms with van der Waals surface area (Å²) in [6.45, 7) is 4.94. The molecule has 96 valence electrons. The first-order chi connectivity index (χ1) is 7.93. The molecule has 0 spiro atoms. The Labute approximate surface area is 102 Å². The highest BCUT2D eigenvalue weighted by Gasteiger charge is 2.08. The van der Waals surface area contributed by atoms with E-state index < -0.39 is 0 Å². The van der Waals surface area contributed by atoms with Crippen LogP contribution in [-0.4, -0.2) is 31.1 Å². The molecule has 0 atom stereocenters. The third kappa shape index (κ3) is 7.24. The number of piperidine rings is 1. The fourth-order valence-corrected chi connectivity index (χ4v) is 2.55. The third-order valence-electron chi connectivity index (χ3n) is 3.63. The first-order valence-corrected chi connectivity index (χ1v) is 7.36. The molecule has 0 aromatic heterocycles. The van der Waals surface area contributed by atoms with Crippen molar-refractivity contribution < 1.29 is 0 Å². The van der Waals surface area contributed by atoms with Crippen molar-refractivity contribution in [3.63, 3.8) is 0 Å². The Bertz CT molecular complexity index is 142. The molecule has 0 aliphatic carbocycles. The third-order valence-corrected chi connectivity index (χ3v) is 3.63. The zero-order valence-electron chi connectivity index (χ0n) is 10.9. The van der Waals surface area contributed by atoms with Gasteiger partial charge >= 0.3 is 0 Å². The van der Waals surface area contributed by atoms with E-state index in [2.05, 4.69) is 4.90 Å². The minimum absolute atomic E-state index is 0.870. The molecule has 0 bridgehead atoms. The molecule has 0 radical (unpaired) electrons. The van der Waals surface area contributed by atoms with Gasteiger partial charge in [-0.25, -0.2) is 0 Å². The van der Waals surface area contributed by atoms with Crippen LogP contribution in [0.3, 0.4) is 0 Å². The highest BCUT2D eigenvalue weighted by Crippen LogP contribution is 2.11. The zero-order valence-corrected chi connectivity index (χ0v) is 10.9. The summed E-state index contributed by atoms with van der Waals surface area (Å²) in [5.74, 6) is 0. The predicted octanol–water partition coefficient (Wildman–Crippen LogP) is 3.16. The lowest BCUT2D eigenvalue weighted by molar-refractivity contribution is 0.224. The molecule has 1 aliphatic rings. The minimum atomic E-state index is 0.870. The molecule has 0 aromatic rings. The van der Waals surface area contributed by atoms with Crippen LogP contribution in [0.1, 0.15) is 64.2 Å². The van der Waals surface area contributed by atoms with Gasteiger partial charge in [0.05, 0.1) is 0 Å². The summed E-state index contributed by atoms with van der Waals surface area (Å²) in [4.78, 5) is 2.65. The Morgan fingerprint density at radius 2 is 1.25 bits per heavy atom. The number of hydrogen-bond acceptors (Lipinski definition) is 2. The SMILES string of the molecule is NCCCCCCCCCN1CCCCC1. The van der Waals surface area contributed by atoms with Gasteiger partial charge in [-0.05, 0) is 51.9 Å². The fraction of sp³-hybridized carbons (Fsp3) is 1.00. The minimum Gasteiger partial charge on any atom is -0.330 e. The lowest BCUT2D eigenvalue weighted by Gasteiger charge is -2.26. The zero-order chi connectivity index (χ0) is 11.5. The van der Waals surface area contributed by atoms with E-state index in [1.54, 1.807) is 0 Å². The van der Waals surface area contributed by atoms with Crippen LogP contribution in [0.2, 0.25) is 0 Å². The standard InChI is InChI=1S/C14H30N2/c15-11-7-4-2-1-3-5-8-12-16-13-9-6-10-14-16/h1-15H2. The van der Waals surface area contributed by atoms with Gasteiger partial charge in [0.25, 0.3) is 0 Å². The average molecular weight is 226 g/mol. The number of nitrogens with two attached hydrogens (primary N) is 1. The predicted molar refractivity (Wildman–Crippen MR) is 71.7 cm³/mol. The molecule has 1 rings (SSSR count). The first kappa shape index (κ1) is 14.0. The highest BCUT2D eigenvalue weighted by atomic mass is 15.1. The summed E-state index contributed by atoms with van der Waals surface area (Å²) >= 11 is 0. The van der Waals surface area contributed by atoms with E-state index in [4.69, 9.17) is 5.73 Å². The van der Waals surface area contributed by atoms with Crippen LogP contribution >= 0.6 is 0 Å². The highest BCUT2D eigenvalue weighted by molar-refractivity contribution is 4.64. The normalized spacial score (nSPS) is 17.8. The second-order valence-electron chi connectivity index (χ2n) is 5.17. The van der Waals surface area contributed by atoms with Crippen LogP contribution in [0.5, 0.6) is 0 Å². The van der Waals surface area contributed by atoms with Crippen LogP contribution in [-0.2, 0) is 0 Å². The Morgan fingerprint density at radius 1 is 0.688 bits per heavy atom. The molecule has 1 fully saturated rings. The summed E-state index contributed by atoms with van der Waals surface area (Å²) in [6, 6.07) is 0. The molecule has 16 heavy (non-hydrogen) atoms. The van der Waals surface area contributed by atoms with Gasteiger partial charge in [0.15, 0.2) is 0 Å². The molecule has 0 unspecified atom stereocenters. The lowest BCUT2D eigenvalue weighted by Crippen LogP contribution is -2.30. The topological polar surface area (TPSA) is 29.3 Å². The second kappa shape index (κ2) is 10.1. The van der Waals surface area contributed by atoms with Crippen molar-refractivity contribution in [3.05, 3.63) is 0 Å². The molecule has 2 N–H and O–H groups in total. The van der Waals surface area contributed by atoms with Crippen molar-refractivity contribution in [3.8, 4) is 0 Å². The van der Waals surface area contributed by atoms with Gasteiger partial charge in [0, 0.05) is 0 Å². The average Bonchev–Trinajstić information content (AvgIpc) is 2.34.